The number of hydrogen-bond donors (Lipinski definition) is 0. The first-order valence-corrected chi connectivity index (χ1v) is 7.35. The van der Waals surface area contributed by atoms with E-state index < -0.39 is 0 Å². The summed E-state index contributed by atoms with van der Waals surface area (Å²) in [5.74, 6) is 0. The molecule has 1 aromatic carbocycles. The summed E-state index contributed by atoms with van der Waals surface area (Å²) in [5.41, 5.74) is 2.98. The summed E-state index contributed by atoms with van der Waals surface area (Å²) >= 11 is 5.22. The third kappa shape index (κ3) is 2.43. The Kier molecular flexibility index (Phi) is 3.40. The third-order valence-corrected chi connectivity index (χ3v) is 4.41. The molecule has 3 nitrogen and oxygen atoms in total. The van der Waals surface area contributed by atoms with E-state index in [9.17, 15) is 0 Å². The van der Waals surface area contributed by atoms with Crippen LogP contribution in [0.5, 0.6) is 0 Å². The van der Waals surface area contributed by atoms with Gasteiger partial charge in [-0.3, -0.25) is 0 Å². The topological polar surface area (TPSA) is 38.7 Å². The van der Waals surface area contributed by atoms with Gasteiger partial charge in [-0.15, -0.1) is 11.3 Å². The third-order valence-electron chi connectivity index (χ3n) is 2.73. The minimum atomic E-state index is 0.862. The normalized spacial score (nSPS) is 10.6. The number of thiazole rings is 1. The van der Waals surface area contributed by atoms with Gasteiger partial charge in [0.15, 0.2) is 0 Å². The fourth-order valence-electron chi connectivity index (χ4n) is 1.83. The molecule has 0 fully saturated rings. The SMILES string of the molecule is Cc1sc(-c2ccncn2)nc1-c1ccccc1Br. The highest BCUT2D eigenvalue weighted by atomic mass is 79.9. The van der Waals surface area contributed by atoms with Crippen molar-refractivity contribution in [2.75, 3.05) is 0 Å². The van der Waals surface area contributed by atoms with Gasteiger partial charge < -0.3 is 0 Å². The lowest BCUT2D eigenvalue weighted by molar-refractivity contribution is 1.16. The van der Waals surface area contributed by atoms with Crippen LogP contribution in [0.4, 0.5) is 0 Å². The zero-order valence-corrected chi connectivity index (χ0v) is 12.6. The van der Waals surface area contributed by atoms with Crippen molar-refractivity contribution in [2.24, 2.45) is 0 Å². The second-order valence-electron chi connectivity index (χ2n) is 4.00. The van der Waals surface area contributed by atoms with Crippen molar-refractivity contribution in [1.29, 1.82) is 0 Å². The van der Waals surface area contributed by atoms with Gasteiger partial charge in [0, 0.05) is 21.1 Å². The Bertz CT molecular complexity index is 710. The summed E-state index contributed by atoms with van der Waals surface area (Å²) in [6.45, 7) is 2.08. The molecule has 2 heterocycles. The Hall–Kier alpha value is -1.59. The van der Waals surface area contributed by atoms with E-state index >= 15 is 0 Å². The Morgan fingerprint density at radius 3 is 2.74 bits per heavy atom. The fraction of sp³-hybridized carbons (Fsp3) is 0.0714. The lowest BCUT2D eigenvalue weighted by Crippen LogP contribution is -1.85. The highest BCUT2D eigenvalue weighted by Gasteiger charge is 2.13. The Morgan fingerprint density at radius 1 is 1.16 bits per heavy atom. The van der Waals surface area contributed by atoms with Crippen LogP contribution in [0.2, 0.25) is 0 Å². The van der Waals surface area contributed by atoms with Crippen molar-refractivity contribution >= 4 is 27.3 Å². The van der Waals surface area contributed by atoms with Crippen LogP contribution in [0, 0.1) is 6.92 Å². The lowest BCUT2D eigenvalue weighted by atomic mass is 10.1. The molecule has 0 aliphatic rings. The minimum Gasteiger partial charge on any atom is -0.245 e. The molecule has 0 radical (unpaired) electrons. The molecule has 0 atom stereocenters. The van der Waals surface area contributed by atoms with Crippen molar-refractivity contribution in [1.82, 2.24) is 15.0 Å². The van der Waals surface area contributed by atoms with Gasteiger partial charge in [-0.1, -0.05) is 34.1 Å². The van der Waals surface area contributed by atoms with Gasteiger partial charge in [-0.2, -0.15) is 0 Å². The van der Waals surface area contributed by atoms with E-state index in [1.54, 1.807) is 23.9 Å². The molecule has 5 heteroatoms. The van der Waals surface area contributed by atoms with Crippen molar-refractivity contribution in [2.45, 2.75) is 6.92 Å². The first-order valence-electron chi connectivity index (χ1n) is 5.74. The van der Waals surface area contributed by atoms with Crippen molar-refractivity contribution in [3.05, 3.63) is 52.2 Å². The number of halogens is 1. The molecule has 0 aliphatic heterocycles. The molecule has 19 heavy (non-hydrogen) atoms. The summed E-state index contributed by atoms with van der Waals surface area (Å²) in [5, 5.41) is 0.922. The van der Waals surface area contributed by atoms with Gasteiger partial charge in [-0.05, 0) is 19.1 Å². The van der Waals surface area contributed by atoms with Crippen LogP contribution in [-0.2, 0) is 0 Å². The smallest absolute Gasteiger partial charge is 0.142 e. The number of nitrogens with zero attached hydrogens (tertiary/aromatic N) is 3. The molecule has 0 bridgehead atoms. The zero-order chi connectivity index (χ0) is 13.2. The molecule has 0 spiro atoms. The van der Waals surface area contributed by atoms with Gasteiger partial charge in [0.1, 0.15) is 17.0 Å². The van der Waals surface area contributed by atoms with Crippen molar-refractivity contribution < 1.29 is 0 Å². The Morgan fingerprint density at radius 2 is 2.00 bits per heavy atom. The quantitative estimate of drug-likeness (QED) is 0.701. The fourth-order valence-corrected chi connectivity index (χ4v) is 3.20. The van der Waals surface area contributed by atoms with Gasteiger partial charge in [0.05, 0.1) is 5.69 Å². The van der Waals surface area contributed by atoms with Crippen LogP contribution >= 0.6 is 27.3 Å². The molecule has 0 saturated carbocycles. The van der Waals surface area contributed by atoms with E-state index in [1.165, 1.54) is 4.88 Å². The van der Waals surface area contributed by atoms with Gasteiger partial charge in [0.25, 0.3) is 0 Å². The second kappa shape index (κ2) is 5.19. The summed E-state index contributed by atoms with van der Waals surface area (Å²) in [4.78, 5) is 14.1. The van der Waals surface area contributed by atoms with E-state index in [4.69, 9.17) is 4.98 Å². The highest BCUT2D eigenvalue weighted by Crippen LogP contribution is 2.35. The van der Waals surface area contributed by atoms with E-state index in [0.29, 0.717) is 0 Å². The summed E-state index contributed by atoms with van der Waals surface area (Å²) in [6, 6.07) is 9.99. The van der Waals surface area contributed by atoms with Crippen LogP contribution in [0.1, 0.15) is 4.88 Å². The molecule has 94 valence electrons. The van der Waals surface area contributed by atoms with Crippen molar-refractivity contribution in [3.8, 4) is 22.0 Å². The average Bonchev–Trinajstić information content (AvgIpc) is 2.82. The maximum Gasteiger partial charge on any atom is 0.142 e. The van der Waals surface area contributed by atoms with Crippen LogP contribution in [0.25, 0.3) is 22.0 Å². The average molecular weight is 332 g/mol. The van der Waals surface area contributed by atoms with Crippen LogP contribution in [0.15, 0.2) is 47.3 Å². The van der Waals surface area contributed by atoms with Gasteiger partial charge in [0.2, 0.25) is 0 Å². The van der Waals surface area contributed by atoms with Crippen LogP contribution in [-0.4, -0.2) is 15.0 Å². The zero-order valence-electron chi connectivity index (χ0n) is 10.2. The molecular formula is C14H10BrN3S. The largest absolute Gasteiger partial charge is 0.245 e. The molecule has 3 rings (SSSR count). The van der Waals surface area contributed by atoms with E-state index in [-0.39, 0.29) is 0 Å². The predicted octanol–water partition coefficient (Wildman–Crippen LogP) is 4.34. The molecule has 2 aromatic heterocycles. The Labute approximate surface area is 123 Å². The lowest BCUT2D eigenvalue weighted by Gasteiger charge is -2.01. The first kappa shape index (κ1) is 12.4. The predicted molar refractivity (Wildman–Crippen MR) is 81.0 cm³/mol. The minimum absolute atomic E-state index is 0.862. The molecule has 0 unspecified atom stereocenters. The molecule has 0 amide bonds. The van der Waals surface area contributed by atoms with Crippen LogP contribution < -0.4 is 0 Å². The van der Waals surface area contributed by atoms with Crippen molar-refractivity contribution in [3.63, 3.8) is 0 Å². The number of aromatic nitrogens is 3. The molecule has 0 N–H and O–H groups in total. The van der Waals surface area contributed by atoms with E-state index in [2.05, 4.69) is 38.9 Å². The summed E-state index contributed by atoms with van der Waals surface area (Å²) in [7, 11) is 0. The molecule has 3 aromatic rings. The van der Waals surface area contributed by atoms with E-state index in [0.717, 1.165) is 26.4 Å². The maximum absolute atomic E-state index is 4.71. The molecule has 0 saturated heterocycles. The Balaban J connectivity index is 2.11. The summed E-state index contributed by atoms with van der Waals surface area (Å²) < 4.78 is 1.05. The van der Waals surface area contributed by atoms with E-state index in [1.807, 2.05) is 24.3 Å². The van der Waals surface area contributed by atoms with Gasteiger partial charge in [-0.25, -0.2) is 15.0 Å². The molecule has 0 aliphatic carbocycles. The highest BCUT2D eigenvalue weighted by molar-refractivity contribution is 9.10. The second-order valence-corrected chi connectivity index (χ2v) is 6.06. The number of aryl methyl sites for hydroxylation is 1. The summed E-state index contributed by atoms with van der Waals surface area (Å²) in [6.07, 6.45) is 3.28. The number of benzene rings is 1. The number of rotatable bonds is 2. The maximum atomic E-state index is 4.71. The monoisotopic (exact) mass is 331 g/mol. The number of hydrogen-bond acceptors (Lipinski definition) is 4. The molecular weight excluding hydrogens is 322 g/mol. The standard InChI is InChI=1S/C14H10BrN3S/c1-9-13(10-4-2-3-5-11(10)15)18-14(19-9)12-6-7-16-8-17-12/h2-8H,1H3. The first-order chi connectivity index (χ1) is 9.25. The van der Waals surface area contributed by atoms with Gasteiger partial charge >= 0.3 is 0 Å². The van der Waals surface area contributed by atoms with Crippen LogP contribution in [0.3, 0.4) is 0 Å².